The van der Waals surface area contributed by atoms with Crippen LogP contribution in [-0.4, -0.2) is 27.3 Å². The zero-order valence-electron chi connectivity index (χ0n) is 26.6. The molecule has 0 N–H and O–H groups in total. The van der Waals surface area contributed by atoms with Gasteiger partial charge in [0.1, 0.15) is 0 Å². The van der Waals surface area contributed by atoms with Crippen LogP contribution in [0.4, 0.5) is 0 Å². The van der Waals surface area contributed by atoms with E-state index in [4.69, 9.17) is 20.6 Å². The van der Waals surface area contributed by atoms with Crippen LogP contribution in [0, 0.1) is 13.8 Å². The van der Waals surface area contributed by atoms with Gasteiger partial charge in [0.2, 0.25) is 0 Å². The number of nitrogens with zero attached hydrogens (tertiary/aromatic N) is 2. The molecule has 0 bridgehead atoms. The van der Waals surface area contributed by atoms with Crippen molar-refractivity contribution < 1.29 is 10.6 Å². The van der Waals surface area contributed by atoms with Crippen molar-refractivity contribution >= 4 is 49.9 Å². The molecule has 2 heterocycles. The maximum atomic E-state index is 7.25. The first-order chi connectivity index (χ1) is 23.6. The van der Waals surface area contributed by atoms with Crippen LogP contribution in [0.5, 0.6) is 17.2 Å². The third kappa shape index (κ3) is 5.88. The van der Waals surface area contributed by atoms with Gasteiger partial charge in [-0.3, -0.25) is 0 Å². The van der Waals surface area contributed by atoms with Crippen molar-refractivity contribution in [1.82, 2.24) is 9.97 Å². The van der Waals surface area contributed by atoms with Crippen molar-refractivity contribution in [3.63, 3.8) is 0 Å². The molecule has 0 aliphatic rings. The molecule has 0 unspecified atom stereocenters. The first kappa shape index (κ1) is 29.8. The first-order valence-corrected chi connectivity index (χ1v) is 19.0. The summed E-state index contributed by atoms with van der Waals surface area (Å²) in [5.41, 5.74) is 7.42. The van der Waals surface area contributed by atoms with Gasteiger partial charge >= 0.3 is 287 Å². The van der Waals surface area contributed by atoms with Gasteiger partial charge in [-0.15, -0.1) is 0 Å². The normalized spacial score (nSPS) is 11.1. The predicted molar refractivity (Wildman–Crippen MR) is 195 cm³/mol. The van der Waals surface area contributed by atoms with E-state index in [9.17, 15) is 0 Å². The molecule has 6 heteroatoms. The molecule has 0 aliphatic heterocycles. The van der Waals surface area contributed by atoms with E-state index in [1.807, 2.05) is 74.5 Å². The number of hydrogen-bond donors (Lipinski definition) is 0. The summed E-state index contributed by atoms with van der Waals surface area (Å²) in [6, 6.07) is 51.5. The topological polar surface area (TPSA) is 53.5 Å². The molecule has 5 nitrogen and oxygen atoms in total. The number of aryl methyl sites for hydroxylation is 2. The molecule has 6 aromatic carbocycles. The maximum absolute atomic E-state index is 7.25. The second-order valence-electron chi connectivity index (χ2n) is 11.8. The molecule has 0 atom stereocenters. The van der Waals surface area contributed by atoms with Gasteiger partial charge in [0, 0.05) is 0 Å². The van der Waals surface area contributed by atoms with Crippen molar-refractivity contribution in [1.29, 1.82) is 0 Å². The molecule has 0 amide bonds. The minimum absolute atomic E-state index is 0.633. The van der Waals surface area contributed by atoms with Crippen molar-refractivity contribution in [2.45, 2.75) is 13.8 Å². The summed E-state index contributed by atoms with van der Waals surface area (Å²) in [5.74, 6) is 1.99. The number of aromatic nitrogens is 2. The van der Waals surface area contributed by atoms with Gasteiger partial charge < -0.3 is 0 Å². The first-order valence-electron chi connectivity index (χ1n) is 16.0. The van der Waals surface area contributed by atoms with Gasteiger partial charge in [0.15, 0.2) is 0 Å². The second kappa shape index (κ2) is 12.9. The summed E-state index contributed by atoms with van der Waals surface area (Å²) in [6.07, 6.45) is 0. The van der Waals surface area contributed by atoms with Gasteiger partial charge in [0.05, 0.1) is 0 Å². The van der Waals surface area contributed by atoms with Crippen LogP contribution in [0.15, 0.2) is 152 Å². The Bertz CT molecular complexity index is 2330. The molecule has 0 radical (unpaired) electrons. The number of fused-ring (bicyclic) bond motifs is 3. The van der Waals surface area contributed by atoms with Gasteiger partial charge in [0.25, 0.3) is 0 Å². The van der Waals surface area contributed by atoms with E-state index in [2.05, 4.69) is 91.0 Å². The molecule has 0 aliphatic carbocycles. The Morgan fingerprint density at radius 1 is 0.458 bits per heavy atom. The molecule has 0 spiro atoms. The standard InChI is InChI=1S/C22H16O.2C10H9NO.Ga/c23-22-20(16-9-3-1-4-10-16)15-18-13-7-8-14-19(18)21(22)17-11-5-2-6-12-17;2*1-7-5-6-8-3-2-4-9(12)10(8)11-7;/h1-15,23H;2*2-6,12H,1H3;/q;;;+3/p-3. The van der Waals surface area contributed by atoms with Crippen LogP contribution >= 0.6 is 0 Å². The summed E-state index contributed by atoms with van der Waals surface area (Å²) in [5, 5.41) is 4.19. The fourth-order valence-electron chi connectivity index (χ4n) is 6.18. The van der Waals surface area contributed by atoms with E-state index in [0.717, 1.165) is 72.0 Å². The van der Waals surface area contributed by atoms with Crippen LogP contribution in [-0.2, 0) is 0 Å². The molecule has 2 aromatic heterocycles. The molecule has 0 saturated heterocycles. The van der Waals surface area contributed by atoms with Gasteiger partial charge in [-0.05, 0) is 0 Å². The van der Waals surface area contributed by atoms with Crippen molar-refractivity contribution in [3.8, 4) is 39.5 Å². The van der Waals surface area contributed by atoms with Crippen LogP contribution in [0.25, 0.3) is 54.8 Å². The Morgan fingerprint density at radius 2 is 0.979 bits per heavy atom. The monoisotopic (exact) mass is 680 g/mol. The molecule has 8 rings (SSSR count). The van der Waals surface area contributed by atoms with Crippen LogP contribution < -0.4 is 10.6 Å². The molecule has 8 aromatic rings. The van der Waals surface area contributed by atoms with E-state index in [1.54, 1.807) is 0 Å². The third-order valence-corrected chi connectivity index (χ3v) is 11.2. The van der Waals surface area contributed by atoms with Crippen LogP contribution in [0.1, 0.15) is 11.4 Å². The molecule has 48 heavy (non-hydrogen) atoms. The summed E-state index contributed by atoms with van der Waals surface area (Å²) in [6.45, 7) is 3.97. The van der Waals surface area contributed by atoms with E-state index in [1.165, 1.54) is 0 Å². The Hall–Kier alpha value is -5.56. The number of benzene rings is 6. The number of hydrogen-bond acceptors (Lipinski definition) is 5. The predicted octanol–water partition coefficient (Wildman–Crippen LogP) is 10.4. The Balaban J connectivity index is 1.35. The average molecular weight is 681 g/mol. The van der Waals surface area contributed by atoms with Crippen molar-refractivity contribution in [3.05, 3.63) is 163 Å². The summed E-state index contributed by atoms with van der Waals surface area (Å²) in [4.78, 5) is 9.71. The van der Waals surface area contributed by atoms with Gasteiger partial charge in [-0.25, -0.2) is 0 Å². The van der Waals surface area contributed by atoms with Crippen LogP contribution in [0.2, 0.25) is 0 Å². The van der Waals surface area contributed by atoms with E-state index in [-0.39, 0.29) is 0 Å². The van der Waals surface area contributed by atoms with E-state index >= 15 is 0 Å². The van der Waals surface area contributed by atoms with E-state index < -0.39 is 17.3 Å². The Labute approximate surface area is 285 Å². The molecular weight excluding hydrogens is 650 g/mol. The van der Waals surface area contributed by atoms with Crippen LogP contribution in [0.3, 0.4) is 0 Å². The Morgan fingerprint density at radius 3 is 1.58 bits per heavy atom. The zero-order chi connectivity index (χ0) is 32.5. The summed E-state index contributed by atoms with van der Waals surface area (Å²) < 4.78 is 21.1. The SMILES string of the molecule is Cc1ccc2cccc([O][Ga]([O]c3c(-c4ccccc4)cc4ccccc4c3-c3ccccc3)[O]c3cccc4ccc(C)nc34)c2n1. The average Bonchev–Trinajstić information content (AvgIpc) is 3.12. The summed E-state index contributed by atoms with van der Waals surface area (Å²) >= 11 is -3.79. The second-order valence-corrected chi connectivity index (χ2v) is 14.5. The molecular formula is C42H31GaN2O3. The molecule has 0 fully saturated rings. The Kier molecular flexibility index (Phi) is 8.02. The molecule has 0 saturated carbocycles. The third-order valence-electron chi connectivity index (χ3n) is 8.45. The minimum atomic E-state index is -3.79. The quantitative estimate of drug-likeness (QED) is 0.150. The van der Waals surface area contributed by atoms with Gasteiger partial charge in [-0.1, -0.05) is 0 Å². The fraction of sp³-hybridized carbons (Fsp3) is 0.0476. The summed E-state index contributed by atoms with van der Waals surface area (Å²) in [7, 11) is 0. The van der Waals surface area contributed by atoms with Gasteiger partial charge in [-0.2, -0.15) is 0 Å². The fourth-order valence-corrected chi connectivity index (χ4v) is 9.06. The van der Waals surface area contributed by atoms with Crippen molar-refractivity contribution in [2.24, 2.45) is 0 Å². The number of para-hydroxylation sites is 2. The van der Waals surface area contributed by atoms with Crippen molar-refractivity contribution in [2.75, 3.05) is 0 Å². The number of rotatable bonds is 8. The number of pyridine rings is 2. The molecule has 230 valence electrons. The van der Waals surface area contributed by atoms with E-state index in [0.29, 0.717) is 11.5 Å². The zero-order valence-corrected chi connectivity index (χ0v) is 29.1.